The van der Waals surface area contributed by atoms with Gasteiger partial charge in [-0.15, -0.1) is 0 Å². The summed E-state index contributed by atoms with van der Waals surface area (Å²) in [5, 5.41) is 0. The van der Waals surface area contributed by atoms with Crippen molar-refractivity contribution in [1.82, 2.24) is 0 Å². The Morgan fingerprint density at radius 1 is 1.73 bits per heavy atom. The fraction of sp³-hybridized carbons (Fsp3) is 0.778. The zero-order valence-electron chi connectivity index (χ0n) is 7.34. The van der Waals surface area contributed by atoms with Crippen LogP contribution in [0, 0.1) is 11.3 Å². The highest BCUT2D eigenvalue weighted by molar-refractivity contribution is 5.09. The van der Waals surface area contributed by atoms with Gasteiger partial charge in [-0.1, -0.05) is 19.1 Å². The van der Waals surface area contributed by atoms with Crippen molar-refractivity contribution in [2.45, 2.75) is 19.8 Å². The molecule has 2 heteroatoms. The van der Waals surface area contributed by atoms with Gasteiger partial charge in [0.15, 0.2) is 0 Å². The third-order valence-corrected chi connectivity index (χ3v) is 2.65. The van der Waals surface area contributed by atoms with Crippen LogP contribution >= 0.6 is 0 Å². The Balaban J connectivity index is 2.56. The van der Waals surface area contributed by atoms with Gasteiger partial charge in [-0.3, -0.25) is 0 Å². The third kappa shape index (κ3) is 1.82. The highest BCUT2D eigenvalue weighted by Crippen LogP contribution is 2.36. The predicted octanol–water partition coefficient (Wildman–Crippen LogP) is 0.160. The Hall–Kier alpha value is -0.340. The first-order chi connectivity index (χ1) is 5.22. The number of hydrogen-bond donors (Lipinski definition) is 2. The molecule has 0 radical (unpaired) electrons. The van der Waals surface area contributed by atoms with E-state index in [1.165, 1.54) is 6.42 Å². The molecule has 1 aliphatic rings. The van der Waals surface area contributed by atoms with Gasteiger partial charge >= 0.3 is 0 Å². The van der Waals surface area contributed by atoms with Gasteiger partial charge in [0.05, 0.1) is 6.54 Å². The second-order valence-electron chi connectivity index (χ2n) is 3.69. The van der Waals surface area contributed by atoms with Crippen molar-refractivity contribution in [2.24, 2.45) is 17.1 Å². The van der Waals surface area contributed by atoms with E-state index in [-0.39, 0.29) is 0 Å². The molecule has 0 spiro atoms. The Morgan fingerprint density at radius 2 is 2.45 bits per heavy atom. The van der Waals surface area contributed by atoms with Crippen molar-refractivity contribution in [3.05, 3.63) is 12.2 Å². The molecule has 0 aromatic heterocycles. The van der Waals surface area contributed by atoms with E-state index in [1.54, 1.807) is 0 Å². The van der Waals surface area contributed by atoms with Crippen molar-refractivity contribution in [3.8, 4) is 0 Å². The molecule has 0 saturated heterocycles. The van der Waals surface area contributed by atoms with E-state index in [0.29, 0.717) is 5.41 Å². The maximum atomic E-state index is 5.55. The highest BCUT2D eigenvalue weighted by atomic mass is 14.6. The van der Waals surface area contributed by atoms with E-state index >= 15 is 0 Å². The van der Waals surface area contributed by atoms with Crippen LogP contribution in [0.25, 0.3) is 0 Å². The van der Waals surface area contributed by atoms with Crippen LogP contribution in [-0.2, 0) is 0 Å². The fourth-order valence-corrected chi connectivity index (χ4v) is 1.93. The molecule has 0 fully saturated rings. The number of allylic oxidation sites excluding steroid dienone is 1. The third-order valence-electron chi connectivity index (χ3n) is 2.65. The van der Waals surface area contributed by atoms with E-state index < -0.39 is 0 Å². The average molecular weight is 155 g/mol. The Morgan fingerprint density at radius 3 is 2.82 bits per heavy atom. The van der Waals surface area contributed by atoms with Gasteiger partial charge in [-0.2, -0.15) is 0 Å². The molecule has 1 rings (SSSR count). The highest BCUT2D eigenvalue weighted by Gasteiger charge is 2.32. The molecule has 2 atom stereocenters. The number of quaternary nitrogens is 1. The SMILES string of the molecule is CC1C=CC(C[NH3+])(CCN)C1. The minimum absolute atomic E-state index is 0.341. The van der Waals surface area contributed by atoms with Gasteiger partial charge in [0.25, 0.3) is 0 Å². The summed E-state index contributed by atoms with van der Waals surface area (Å²) in [5.41, 5.74) is 9.88. The molecular weight excluding hydrogens is 136 g/mol. The lowest BCUT2D eigenvalue weighted by Crippen LogP contribution is -2.57. The van der Waals surface area contributed by atoms with Gasteiger partial charge in [0.2, 0.25) is 0 Å². The van der Waals surface area contributed by atoms with Gasteiger partial charge in [0, 0.05) is 5.41 Å². The maximum absolute atomic E-state index is 5.55. The van der Waals surface area contributed by atoms with Gasteiger partial charge in [-0.25, -0.2) is 0 Å². The van der Waals surface area contributed by atoms with Crippen LogP contribution in [-0.4, -0.2) is 13.1 Å². The molecule has 0 aromatic carbocycles. The van der Waals surface area contributed by atoms with E-state index in [2.05, 4.69) is 24.8 Å². The molecular formula is C9H19N2+. The van der Waals surface area contributed by atoms with Gasteiger partial charge in [0.1, 0.15) is 0 Å². The summed E-state index contributed by atoms with van der Waals surface area (Å²) in [5.74, 6) is 0.725. The molecule has 64 valence electrons. The smallest absolute Gasteiger partial charge is 0.0832 e. The lowest BCUT2D eigenvalue weighted by atomic mass is 9.82. The lowest BCUT2D eigenvalue weighted by Gasteiger charge is -2.23. The number of nitrogens with two attached hydrogens (primary N) is 1. The fourth-order valence-electron chi connectivity index (χ4n) is 1.93. The number of hydrogen-bond acceptors (Lipinski definition) is 1. The molecule has 0 aromatic rings. The van der Waals surface area contributed by atoms with Crippen LogP contribution in [0.5, 0.6) is 0 Å². The van der Waals surface area contributed by atoms with Crippen molar-refractivity contribution in [1.29, 1.82) is 0 Å². The summed E-state index contributed by atoms with van der Waals surface area (Å²) in [6, 6.07) is 0. The number of rotatable bonds is 3. The van der Waals surface area contributed by atoms with Crippen molar-refractivity contribution in [3.63, 3.8) is 0 Å². The Bertz CT molecular complexity index is 154. The summed E-state index contributed by atoms with van der Waals surface area (Å²) in [6.07, 6.45) is 6.95. The van der Waals surface area contributed by atoms with Crippen molar-refractivity contribution in [2.75, 3.05) is 13.1 Å². The van der Waals surface area contributed by atoms with E-state index in [0.717, 1.165) is 25.4 Å². The second kappa shape index (κ2) is 3.37. The van der Waals surface area contributed by atoms with Gasteiger partial charge < -0.3 is 11.5 Å². The molecule has 0 amide bonds. The zero-order valence-corrected chi connectivity index (χ0v) is 7.34. The summed E-state index contributed by atoms with van der Waals surface area (Å²) in [7, 11) is 0. The van der Waals surface area contributed by atoms with E-state index in [9.17, 15) is 0 Å². The molecule has 0 bridgehead atoms. The molecule has 0 heterocycles. The van der Waals surface area contributed by atoms with Gasteiger partial charge in [-0.05, 0) is 25.3 Å². The van der Waals surface area contributed by atoms with Crippen LogP contribution in [0.3, 0.4) is 0 Å². The quantitative estimate of drug-likeness (QED) is 0.560. The van der Waals surface area contributed by atoms with Crippen LogP contribution in [0.1, 0.15) is 19.8 Å². The largest absolute Gasteiger partial charge is 0.357 e. The molecule has 0 saturated carbocycles. The molecule has 5 N–H and O–H groups in total. The molecule has 11 heavy (non-hydrogen) atoms. The minimum Gasteiger partial charge on any atom is -0.357 e. The predicted molar refractivity (Wildman–Crippen MR) is 46.8 cm³/mol. The van der Waals surface area contributed by atoms with E-state index in [4.69, 9.17) is 5.73 Å². The van der Waals surface area contributed by atoms with E-state index in [1.807, 2.05) is 0 Å². The molecule has 2 nitrogen and oxygen atoms in total. The van der Waals surface area contributed by atoms with Crippen LogP contribution in [0.4, 0.5) is 0 Å². The molecule has 1 aliphatic carbocycles. The van der Waals surface area contributed by atoms with Crippen LogP contribution < -0.4 is 11.5 Å². The maximum Gasteiger partial charge on any atom is 0.0832 e. The van der Waals surface area contributed by atoms with Crippen molar-refractivity contribution >= 4 is 0 Å². The second-order valence-corrected chi connectivity index (χ2v) is 3.69. The Labute approximate surface area is 68.6 Å². The van der Waals surface area contributed by atoms with Crippen LogP contribution in [0.15, 0.2) is 12.2 Å². The standard InChI is InChI=1S/C9H18N2/c1-8-2-3-9(6-8,7-11)4-5-10/h2-3,8H,4-7,10-11H2,1H3/p+1. The monoisotopic (exact) mass is 155 g/mol. The topological polar surface area (TPSA) is 53.7 Å². The molecule has 0 aliphatic heterocycles. The summed E-state index contributed by atoms with van der Waals surface area (Å²) in [4.78, 5) is 0. The first-order valence-corrected chi connectivity index (χ1v) is 4.41. The van der Waals surface area contributed by atoms with Crippen LogP contribution in [0.2, 0.25) is 0 Å². The van der Waals surface area contributed by atoms with Crippen molar-refractivity contribution < 1.29 is 5.73 Å². The lowest BCUT2D eigenvalue weighted by molar-refractivity contribution is -0.388. The minimum atomic E-state index is 0.341. The average Bonchev–Trinajstić information content (AvgIpc) is 2.34. The first-order valence-electron chi connectivity index (χ1n) is 4.41. The first kappa shape index (κ1) is 8.75. The summed E-state index contributed by atoms with van der Waals surface area (Å²) in [6.45, 7) is 4.03. The zero-order chi connectivity index (χ0) is 8.32. The Kier molecular flexibility index (Phi) is 2.68. The summed E-state index contributed by atoms with van der Waals surface area (Å²) < 4.78 is 0. The normalized spacial score (nSPS) is 36.5. The molecule has 2 unspecified atom stereocenters. The summed E-state index contributed by atoms with van der Waals surface area (Å²) >= 11 is 0.